The van der Waals surface area contributed by atoms with Crippen LogP contribution >= 0.6 is 11.6 Å². The molecule has 6 rings (SSSR count). The molecule has 0 aliphatic carbocycles. The normalized spacial score (nSPS) is 13.3. The summed E-state index contributed by atoms with van der Waals surface area (Å²) in [7, 11) is 0. The van der Waals surface area contributed by atoms with Gasteiger partial charge in [0.2, 0.25) is 11.8 Å². The molecule has 2 heterocycles. The van der Waals surface area contributed by atoms with Crippen molar-refractivity contribution in [3.63, 3.8) is 0 Å². The Labute approximate surface area is 327 Å². The van der Waals surface area contributed by atoms with E-state index in [1.807, 2.05) is 30.0 Å². The summed E-state index contributed by atoms with van der Waals surface area (Å²) in [6.07, 6.45) is 5.70. The Balaban J connectivity index is 0.929. The van der Waals surface area contributed by atoms with Gasteiger partial charge < -0.3 is 19.1 Å². The van der Waals surface area contributed by atoms with E-state index in [1.54, 1.807) is 48.6 Å². The molecule has 0 spiro atoms. The fourth-order valence-corrected chi connectivity index (χ4v) is 6.59. The number of piperazine rings is 1. The summed E-state index contributed by atoms with van der Waals surface area (Å²) in [6.45, 7) is 10.7. The van der Waals surface area contributed by atoms with Crippen LogP contribution in [0.5, 0.6) is 23.1 Å². The molecule has 0 unspecified atom stereocenters. The van der Waals surface area contributed by atoms with Gasteiger partial charge in [0.05, 0.1) is 28.3 Å². The number of ether oxygens (including phenoxy) is 3. The third kappa shape index (κ3) is 10.9. The number of nitrogens with zero attached hydrogens (tertiary/aromatic N) is 4. The maximum atomic E-state index is 13.1. The number of hydrogen-bond donors (Lipinski definition) is 0. The van der Waals surface area contributed by atoms with E-state index in [9.17, 15) is 14.9 Å². The molecule has 1 amide bonds. The summed E-state index contributed by atoms with van der Waals surface area (Å²) in [4.78, 5) is 32.5. The van der Waals surface area contributed by atoms with Crippen molar-refractivity contribution >= 4 is 29.3 Å². The Bertz CT molecular complexity index is 2070. The highest BCUT2D eigenvalue weighted by Gasteiger charge is 2.20. The van der Waals surface area contributed by atoms with Gasteiger partial charge in [-0.25, -0.2) is 4.98 Å². The number of pyridine rings is 1. The number of benzene rings is 4. The van der Waals surface area contributed by atoms with Gasteiger partial charge in [-0.15, -0.1) is 0 Å². The van der Waals surface area contributed by atoms with Crippen LogP contribution in [0, 0.1) is 17.0 Å². The minimum absolute atomic E-state index is 0.00252. The number of hydrogen-bond acceptors (Lipinski definition) is 8. The molecular weight excluding hydrogens is 716 g/mol. The number of para-hydroxylation sites is 1. The van der Waals surface area contributed by atoms with Gasteiger partial charge in [-0.3, -0.25) is 19.8 Å². The second kappa shape index (κ2) is 18.6. The van der Waals surface area contributed by atoms with Crippen LogP contribution in [0.3, 0.4) is 0 Å². The van der Waals surface area contributed by atoms with E-state index in [1.165, 1.54) is 29.0 Å². The van der Waals surface area contributed by atoms with Crippen molar-refractivity contribution < 1.29 is 23.9 Å². The number of amides is 1. The highest BCUT2D eigenvalue weighted by atomic mass is 35.5. The van der Waals surface area contributed by atoms with Crippen LogP contribution in [-0.4, -0.2) is 58.4 Å². The molecule has 10 nitrogen and oxygen atoms in total. The van der Waals surface area contributed by atoms with Crippen molar-refractivity contribution in [3.8, 4) is 23.1 Å². The third-order valence-electron chi connectivity index (χ3n) is 9.49. The van der Waals surface area contributed by atoms with E-state index >= 15 is 0 Å². The number of carbonyl (C=O) groups is 1. The fraction of sp³-hybridized carbons (Fsp3) is 0.273. The molecule has 0 saturated carbocycles. The van der Waals surface area contributed by atoms with Crippen molar-refractivity contribution in [2.24, 2.45) is 0 Å². The second-order valence-corrected chi connectivity index (χ2v) is 14.2. The average Bonchev–Trinajstić information content (AvgIpc) is 3.19. The van der Waals surface area contributed by atoms with E-state index in [4.69, 9.17) is 25.8 Å². The highest BCUT2D eigenvalue weighted by Crippen LogP contribution is 2.34. The predicted molar refractivity (Wildman–Crippen MR) is 215 cm³/mol. The zero-order valence-corrected chi connectivity index (χ0v) is 32.1. The molecule has 4 aromatic carbocycles. The quantitative estimate of drug-likeness (QED) is 0.0590. The van der Waals surface area contributed by atoms with Crippen LogP contribution in [0.4, 0.5) is 5.69 Å². The van der Waals surface area contributed by atoms with Crippen molar-refractivity contribution in [2.45, 2.75) is 46.3 Å². The maximum Gasteiger partial charge on any atom is 0.276 e. The molecule has 1 saturated heterocycles. The first kappa shape index (κ1) is 39.0. The largest absolute Gasteiger partial charge is 0.493 e. The van der Waals surface area contributed by atoms with Crippen molar-refractivity contribution in [3.05, 3.63) is 158 Å². The molecular formula is C44H45ClN4O6. The molecule has 11 heteroatoms. The van der Waals surface area contributed by atoms with E-state index in [0.29, 0.717) is 53.6 Å². The lowest BCUT2D eigenvalue weighted by Crippen LogP contribution is -2.47. The minimum atomic E-state index is -0.435. The zero-order valence-electron chi connectivity index (χ0n) is 31.3. The summed E-state index contributed by atoms with van der Waals surface area (Å²) < 4.78 is 17.6. The number of rotatable bonds is 15. The van der Waals surface area contributed by atoms with E-state index in [0.717, 1.165) is 42.9 Å². The van der Waals surface area contributed by atoms with E-state index < -0.39 is 4.92 Å². The Kier molecular flexibility index (Phi) is 13.2. The first-order valence-corrected chi connectivity index (χ1v) is 18.8. The van der Waals surface area contributed by atoms with Crippen molar-refractivity contribution in [2.75, 3.05) is 32.8 Å². The van der Waals surface area contributed by atoms with Crippen molar-refractivity contribution in [1.82, 2.24) is 14.8 Å². The molecule has 55 heavy (non-hydrogen) atoms. The van der Waals surface area contributed by atoms with Crippen LogP contribution in [0.2, 0.25) is 5.02 Å². The highest BCUT2D eigenvalue weighted by molar-refractivity contribution is 6.32. The van der Waals surface area contributed by atoms with Crippen LogP contribution in [0.15, 0.2) is 109 Å². The number of aryl methyl sites for hydroxylation is 1. The van der Waals surface area contributed by atoms with Gasteiger partial charge in [0, 0.05) is 57.4 Å². The number of halogens is 1. The summed E-state index contributed by atoms with van der Waals surface area (Å²) in [6, 6.07) is 30.5. The van der Waals surface area contributed by atoms with Gasteiger partial charge in [-0.05, 0) is 83.1 Å². The molecule has 1 fully saturated rings. The SMILES string of the molecule is Cc1cc(/C=C/C(=O)N2CCN(Cc3ccc(CCOc4ccc(C(C)C)cc4)cc3)CC2)cc(Cl)c1Oc1ccc(OCc2ccccc2[N+](=O)[O-])cn1. The lowest BCUT2D eigenvalue weighted by molar-refractivity contribution is -0.385. The smallest absolute Gasteiger partial charge is 0.276 e. The predicted octanol–water partition coefficient (Wildman–Crippen LogP) is 9.43. The maximum absolute atomic E-state index is 13.1. The first-order valence-electron chi connectivity index (χ1n) is 18.4. The Morgan fingerprint density at radius 3 is 2.29 bits per heavy atom. The van der Waals surface area contributed by atoms with Crippen LogP contribution in [0.1, 0.15) is 53.1 Å². The molecule has 284 valence electrons. The van der Waals surface area contributed by atoms with Gasteiger partial charge in [-0.2, -0.15) is 0 Å². The third-order valence-corrected chi connectivity index (χ3v) is 9.77. The van der Waals surface area contributed by atoms with Gasteiger partial charge in [0.1, 0.15) is 18.1 Å². The number of nitro benzene ring substituents is 1. The summed E-state index contributed by atoms with van der Waals surface area (Å²) >= 11 is 6.61. The molecule has 1 aliphatic rings. The lowest BCUT2D eigenvalue weighted by atomic mass is 10.0. The monoisotopic (exact) mass is 760 g/mol. The van der Waals surface area contributed by atoms with Gasteiger partial charge in [0.25, 0.3) is 5.69 Å². The fourth-order valence-electron chi connectivity index (χ4n) is 6.28. The summed E-state index contributed by atoms with van der Waals surface area (Å²) in [5, 5.41) is 11.6. The molecule has 5 aromatic rings. The lowest BCUT2D eigenvalue weighted by Gasteiger charge is -2.34. The number of aromatic nitrogens is 1. The van der Waals surface area contributed by atoms with Crippen LogP contribution in [0.25, 0.3) is 6.08 Å². The summed E-state index contributed by atoms with van der Waals surface area (Å²) in [5.41, 5.74) is 5.83. The Morgan fingerprint density at radius 1 is 0.909 bits per heavy atom. The Hall–Kier alpha value is -5.71. The topological polar surface area (TPSA) is 107 Å². The second-order valence-electron chi connectivity index (χ2n) is 13.8. The molecule has 0 atom stereocenters. The number of carbonyl (C=O) groups excluding carboxylic acids is 1. The minimum Gasteiger partial charge on any atom is -0.493 e. The first-order chi connectivity index (χ1) is 26.6. The molecule has 0 N–H and O–H groups in total. The van der Waals surface area contributed by atoms with Gasteiger partial charge in [-0.1, -0.05) is 74.0 Å². The van der Waals surface area contributed by atoms with Crippen LogP contribution in [-0.2, 0) is 24.4 Å². The van der Waals surface area contributed by atoms with Gasteiger partial charge >= 0.3 is 0 Å². The molecule has 1 aromatic heterocycles. The zero-order chi connectivity index (χ0) is 38.7. The molecule has 0 bridgehead atoms. The Morgan fingerprint density at radius 2 is 1.62 bits per heavy atom. The van der Waals surface area contributed by atoms with E-state index in [2.05, 4.69) is 60.1 Å². The summed E-state index contributed by atoms with van der Waals surface area (Å²) in [5.74, 6) is 2.57. The molecule has 0 radical (unpaired) electrons. The number of nitro groups is 1. The average molecular weight is 761 g/mol. The molecule has 1 aliphatic heterocycles. The van der Waals surface area contributed by atoms with E-state index in [-0.39, 0.29) is 18.2 Å². The van der Waals surface area contributed by atoms with Gasteiger partial charge in [0.15, 0.2) is 5.75 Å². The standard InChI is InChI=1S/C44H45ClN4O6/c1-31(2)36-13-15-38(16-14-36)53-25-20-33-8-10-34(11-9-33)29-47-21-23-48(24-22-47)43(50)19-12-35-26-32(3)44(40(45)27-35)55-42-18-17-39(28-46-42)54-30-37-6-4-5-7-41(37)49(51)52/h4-19,26-28,31H,20-25,29-30H2,1-3H3/b19-12+. The van der Waals surface area contributed by atoms with Crippen LogP contribution < -0.4 is 14.2 Å². The van der Waals surface area contributed by atoms with Crippen molar-refractivity contribution in [1.29, 1.82) is 0 Å².